The van der Waals surface area contributed by atoms with E-state index >= 15 is 0 Å². The van der Waals surface area contributed by atoms with Crippen molar-refractivity contribution >= 4 is 50.9 Å². The van der Waals surface area contributed by atoms with E-state index in [4.69, 9.17) is 14.8 Å². The van der Waals surface area contributed by atoms with Crippen molar-refractivity contribution in [2.24, 2.45) is 0 Å². The Morgan fingerprint density at radius 3 is 2.45 bits per heavy atom. The molecular weight excluding hydrogens is 633 g/mol. The maximum Gasteiger partial charge on any atom is 0.421 e. The van der Waals surface area contributed by atoms with Gasteiger partial charge in [-0.15, -0.1) is 0 Å². The molecule has 0 unspecified atom stereocenters. The van der Waals surface area contributed by atoms with Crippen LogP contribution in [0.15, 0.2) is 85.1 Å². The van der Waals surface area contributed by atoms with E-state index in [1.807, 2.05) is 67.6 Å². The van der Waals surface area contributed by atoms with Gasteiger partial charge in [0.05, 0.1) is 18.0 Å². The molecule has 2 heterocycles. The fourth-order valence-corrected chi connectivity index (χ4v) is 6.65. The number of anilines is 3. The van der Waals surface area contributed by atoms with Crippen molar-refractivity contribution in [3.8, 4) is 11.3 Å². The number of nitrogens with zero attached hydrogens (tertiary/aromatic N) is 5. The molecule has 1 aromatic heterocycles. The minimum atomic E-state index is -0.634. The predicted octanol–water partition coefficient (Wildman–Crippen LogP) is 6.10. The number of nitrogens with one attached hydrogen (secondary N) is 1. The molecule has 2 N–H and O–H groups in total. The molecule has 0 aliphatic carbocycles. The smallest absolute Gasteiger partial charge is 0.421 e. The van der Waals surface area contributed by atoms with Crippen molar-refractivity contribution in [1.29, 1.82) is 0 Å². The first-order chi connectivity index (χ1) is 22.9. The number of carbonyl (C=O) groups excluding carboxylic acids is 2. The Balaban J connectivity index is 1.34. The van der Waals surface area contributed by atoms with Crippen molar-refractivity contribution in [3.05, 3.63) is 102 Å². The standard InChI is InChI=1S/C35H40N6O4S2/c1-26-8-13-30(37-33(43)29-11-9-27(10-12-29)25-40-18-16-39(2)17-19-40)24-32(26)41(35(44)45-21-23-47-46-22-20-42)34-36-15-14-31(38-34)28-6-4-3-5-7-28/h3-15,24,42H,16-23,25H2,1-2H3,(H,37,43). The number of aliphatic hydroxyl groups excluding tert-OH is 1. The van der Waals surface area contributed by atoms with Gasteiger partial charge in [-0.2, -0.15) is 0 Å². The molecule has 1 fully saturated rings. The van der Waals surface area contributed by atoms with Gasteiger partial charge in [0.1, 0.15) is 6.61 Å². The summed E-state index contributed by atoms with van der Waals surface area (Å²) in [5, 5.41) is 12.0. The van der Waals surface area contributed by atoms with Crippen molar-refractivity contribution in [2.45, 2.75) is 13.5 Å². The second-order valence-corrected chi connectivity index (χ2v) is 13.9. The first-order valence-corrected chi connectivity index (χ1v) is 18.0. The monoisotopic (exact) mass is 672 g/mol. The number of aromatic nitrogens is 2. The van der Waals surface area contributed by atoms with Gasteiger partial charge in [0.15, 0.2) is 0 Å². The lowest BCUT2D eigenvalue weighted by Gasteiger charge is -2.32. The number of amides is 2. The summed E-state index contributed by atoms with van der Waals surface area (Å²) in [5.74, 6) is 1.06. The summed E-state index contributed by atoms with van der Waals surface area (Å²) in [6.45, 7) is 7.17. The maximum absolute atomic E-state index is 13.7. The number of ether oxygens (including phenoxy) is 1. The van der Waals surface area contributed by atoms with Gasteiger partial charge in [0.2, 0.25) is 5.95 Å². The van der Waals surface area contributed by atoms with Crippen LogP contribution in [0.2, 0.25) is 0 Å². The molecule has 1 aliphatic rings. The zero-order valence-electron chi connectivity index (χ0n) is 26.7. The molecule has 0 radical (unpaired) electrons. The van der Waals surface area contributed by atoms with Gasteiger partial charge >= 0.3 is 6.09 Å². The van der Waals surface area contributed by atoms with E-state index in [0.717, 1.165) is 43.9 Å². The third-order valence-electron chi connectivity index (χ3n) is 7.67. The molecular formula is C35H40N6O4S2. The number of carbonyl (C=O) groups is 2. The molecule has 12 heteroatoms. The molecule has 0 atom stereocenters. The van der Waals surface area contributed by atoms with Crippen LogP contribution in [0.1, 0.15) is 21.5 Å². The summed E-state index contributed by atoms with van der Waals surface area (Å²) in [4.78, 5) is 42.2. The number of benzene rings is 3. The summed E-state index contributed by atoms with van der Waals surface area (Å²) in [6.07, 6.45) is 0.978. The Morgan fingerprint density at radius 1 is 0.957 bits per heavy atom. The summed E-state index contributed by atoms with van der Waals surface area (Å²) in [6, 6.07) is 24.5. The third-order valence-corrected chi connectivity index (χ3v) is 10.0. The summed E-state index contributed by atoms with van der Waals surface area (Å²) in [7, 11) is 5.18. The van der Waals surface area contributed by atoms with Crippen LogP contribution in [-0.4, -0.2) is 94.8 Å². The average molecular weight is 673 g/mol. The highest BCUT2D eigenvalue weighted by Gasteiger charge is 2.25. The molecule has 0 bridgehead atoms. The number of piperazine rings is 1. The van der Waals surface area contributed by atoms with Gasteiger partial charge in [0, 0.05) is 67.2 Å². The first kappa shape index (κ1) is 34.4. The molecule has 10 nitrogen and oxygen atoms in total. The Morgan fingerprint density at radius 2 is 1.70 bits per heavy atom. The van der Waals surface area contributed by atoms with Crippen molar-refractivity contribution in [1.82, 2.24) is 19.8 Å². The van der Waals surface area contributed by atoms with Gasteiger partial charge in [-0.25, -0.2) is 19.7 Å². The van der Waals surface area contributed by atoms with Crippen LogP contribution in [0.5, 0.6) is 0 Å². The Labute approximate surface area is 283 Å². The fourth-order valence-electron chi connectivity index (χ4n) is 5.05. The van der Waals surface area contributed by atoms with Crippen molar-refractivity contribution in [3.63, 3.8) is 0 Å². The molecule has 0 saturated carbocycles. The van der Waals surface area contributed by atoms with Crippen LogP contribution in [-0.2, 0) is 11.3 Å². The van der Waals surface area contributed by atoms with Crippen LogP contribution in [0.4, 0.5) is 22.1 Å². The Kier molecular flexibility index (Phi) is 12.6. The zero-order valence-corrected chi connectivity index (χ0v) is 28.3. The molecule has 246 valence electrons. The van der Waals surface area contributed by atoms with E-state index in [1.54, 1.807) is 24.4 Å². The van der Waals surface area contributed by atoms with Crippen LogP contribution in [0.25, 0.3) is 11.3 Å². The van der Waals surface area contributed by atoms with E-state index in [-0.39, 0.29) is 25.1 Å². The number of rotatable bonds is 13. The molecule has 2 amide bonds. The molecule has 5 rings (SSSR count). The Bertz CT molecular complexity index is 1620. The van der Waals surface area contributed by atoms with Gasteiger partial charge in [-0.3, -0.25) is 9.69 Å². The molecule has 1 aliphatic heterocycles. The quantitative estimate of drug-likeness (QED) is 0.128. The Hall–Kier alpha value is -3.94. The van der Waals surface area contributed by atoms with E-state index in [9.17, 15) is 9.59 Å². The first-order valence-electron chi connectivity index (χ1n) is 15.5. The van der Waals surface area contributed by atoms with Crippen LogP contribution < -0.4 is 10.2 Å². The largest absolute Gasteiger partial charge is 0.448 e. The highest BCUT2D eigenvalue weighted by molar-refractivity contribution is 8.76. The van der Waals surface area contributed by atoms with Crippen LogP contribution >= 0.6 is 21.6 Å². The van der Waals surface area contributed by atoms with Gasteiger partial charge in [0.25, 0.3) is 5.91 Å². The van der Waals surface area contributed by atoms with Crippen molar-refractivity contribution < 1.29 is 19.4 Å². The number of likely N-dealkylation sites (N-methyl/N-ethyl adjacent to an activating group) is 1. The number of hydrogen-bond donors (Lipinski definition) is 2. The summed E-state index contributed by atoms with van der Waals surface area (Å²) < 4.78 is 5.67. The lowest BCUT2D eigenvalue weighted by Crippen LogP contribution is -2.43. The number of aryl methyl sites for hydroxylation is 1. The van der Waals surface area contributed by atoms with Gasteiger partial charge < -0.3 is 20.1 Å². The van der Waals surface area contributed by atoms with Gasteiger partial charge in [-0.1, -0.05) is 70.1 Å². The molecule has 3 aromatic carbocycles. The molecule has 4 aromatic rings. The SMILES string of the molecule is Cc1ccc(NC(=O)c2ccc(CN3CCN(C)CC3)cc2)cc1N(C(=O)OCCSSCCO)c1nccc(-c2ccccc2)n1. The molecule has 0 spiro atoms. The van der Waals surface area contributed by atoms with Gasteiger partial charge in [-0.05, 0) is 55.4 Å². The zero-order chi connectivity index (χ0) is 33.0. The lowest BCUT2D eigenvalue weighted by molar-refractivity contribution is 0.102. The van der Waals surface area contributed by atoms with E-state index in [1.165, 1.54) is 32.1 Å². The maximum atomic E-state index is 13.7. The summed E-state index contributed by atoms with van der Waals surface area (Å²) in [5.41, 5.74) is 5.03. The highest BCUT2D eigenvalue weighted by atomic mass is 33.1. The lowest BCUT2D eigenvalue weighted by atomic mass is 10.1. The van der Waals surface area contributed by atoms with Crippen molar-refractivity contribution in [2.75, 3.05) is 68.2 Å². The second kappa shape index (κ2) is 17.3. The predicted molar refractivity (Wildman–Crippen MR) is 191 cm³/mol. The normalized spacial score (nSPS) is 13.7. The minimum Gasteiger partial charge on any atom is -0.448 e. The highest BCUT2D eigenvalue weighted by Crippen LogP contribution is 2.31. The summed E-state index contributed by atoms with van der Waals surface area (Å²) >= 11 is 0. The third kappa shape index (κ3) is 9.78. The second-order valence-electron chi connectivity index (χ2n) is 11.2. The topological polar surface area (TPSA) is 111 Å². The fraction of sp³-hybridized carbons (Fsp3) is 0.314. The van der Waals surface area contributed by atoms with Crippen LogP contribution in [0, 0.1) is 6.92 Å². The minimum absolute atomic E-state index is 0.0920. The molecule has 1 saturated heterocycles. The van der Waals surface area contributed by atoms with Crippen LogP contribution in [0.3, 0.4) is 0 Å². The average Bonchev–Trinajstić information content (AvgIpc) is 3.09. The molecule has 47 heavy (non-hydrogen) atoms. The number of hydrogen-bond acceptors (Lipinski definition) is 10. The van der Waals surface area contributed by atoms with E-state index in [2.05, 4.69) is 27.1 Å². The van der Waals surface area contributed by atoms with E-state index in [0.29, 0.717) is 34.1 Å². The van der Waals surface area contributed by atoms with E-state index < -0.39 is 6.09 Å². The number of aliphatic hydroxyl groups is 1.